The Morgan fingerprint density at radius 3 is 2.59 bits per heavy atom. The summed E-state index contributed by atoms with van der Waals surface area (Å²) in [5.74, 6) is 2.14. The lowest BCUT2D eigenvalue weighted by Crippen LogP contribution is -2.04. The molecule has 0 amide bonds. The summed E-state index contributed by atoms with van der Waals surface area (Å²) in [5, 5.41) is 0. The summed E-state index contributed by atoms with van der Waals surface area (Å²) in [4.78, 5) is 4.73. The van der Waals surface area contributed by atoms with Gasteiger partial charge in [0.25, 0.3) is 0 Å². The van der Waals surface area contributed by atoms with E-state index in [2.05, 4.69) is 18.4 Å². The summed E-state index contributed by atoms with van der Waals surface area (Å²) in [6.45, 7) is 4.41. The fraction of sp³-hybridized carbons (Fsp3) is 0.786. The van der Waals surface area contributed by atoms with Gasteiger partial charge >= 0.3 is 0 Å². The smallest absolute Gasteiger partial charge is 0.127 e. The average Bonchev–Trinajstić information content (AvgIpc) is 3.11. The van der Waals surface area contributed by atoms with E-state index in [9.17, 15) is 0 Å². The van der Waals surface area contributed by atoms with E-state index in [-0.39, 0.29) is 0 Å². The van der Waals surface area contributed by atoms with Crippen molar-refractivity contribution in [2.75, 3.05) is 5.73 Å². The molecule has 1 aromatic heterocycles. The molecule has 1 heterocycles. The number of rotatable bonds is 7. The van der Waals surface area contributed by atoms with Gasteiger partial charge in [0.1, 0.15) is 11.6 Å². The van der Waals surface area contributed by atoms with E-state index in [0.717, 1.165) is 24.4 Å². The number of hydrogen-bond acceptors (Lipinski definition) is 2. The Hall–Kier alpha value is -0.990. The van der Waals surface area contributed by atoms with Gasteiger partial charge in [0.2, 0.25) is 0 Å². The molecule has 1 fully saturated rings. The molecule has 0 atom stereocenters. The largest absolute Gasteiger partial charge is 0.384 e. The molecule has 0 unspecified atom stereocenters. The van der Waals surface area contributed by atoms with Crippen molar-refractivity contribution in [3.63, 3.8) is 0 Å². The van der Waals surface area contributed by atoms with Crippen LogP contribution in [0.25, 0.3) is 0 Å². The zero-order chi connectivity index (χ0) is 12.3. The molecule has 2 N–H and O–H groups in total. The molecule has 3 nitrogen and oxygen atoms in total. The van der Waals surface area contributed by atoms with Gasteiger partial charge in [0, 0.05) is 12.5 Å². The van der Waals surface area contributed by atoms with Crippen LogP contribution in [0.1, 0.15) is 69.9 Å². The third-order valence-corrected chi connectivity index (χ3v) is 3.59. The van der Waals surface area contributed by atoms with Gasteiger partial charge in [-0.15, -0.1) is 0 Å². The van der Waals surface area contributed by atoms with Gasteiger partial charge in [-0.25, -0.2) is 4.98 Å². The summed E-state index contributed by atoms with van der Waals surface area (Å²) in [6.07, 6.45) is 9.74. The highest BCUT2D eigenvalue weighted by atomic mass is 15.2. The molecule has 0 bridgehead atoms. The van der Waals surface area contributed by atoms with Crippen molar-refractivity contribution < 1.29 is 0 Å². The lowest BCUT2D eigenvalue weighted by molar-refractivity contribution is 0.662. The highest BCUT2D eigenvalue weighted by Gasteiger charge is 2.28. The molecule has 1 aromatic rings. The minimum atomic E-state index is 0.654. The number of nitrogen functional groups attached to an aromatic ring is 1. The highest BCUT2D eigenvalue weighted by molar-refractivity contribution is 5.39. The first-order valence-corrected chi connectivity index (χ1v) is 7.13. The Bertz CT molecular complexity index is 364. The Morgan fingerprint density at radius 2 is 2.00 bits per heavy atom. The molecule has 0 saturated heterocycles. The molecule has 17 heavy (non-hydrogen) atoms. The van der Waals surface area contributed by atoms with Crippen LogP contribution in [0.4, 0.5) is 5.82 Å². The van der Waals surface area contributed by atoms with E-state index in [4.69, 9.17) is 10.7 Å². The van der Waals surface area contributed by atoms with E-state index >= 15 is 0 Å². The van der Waals surface area contributed by atoms with Crippen LogP contribution in [-0.2, 0) is 12.8 Å². The van der Waals surface area contributed by atoms with E-state index < -0.39 is 0 Å². The van der Waals surface area contributed by atoms with Gasteiger partial charge < -0.3 is 10.3 Å². The molecule has 0 aliphatic heterocycles. The lowest BCUT2D eigenvalue weighted by atomic mass is 10.1. The number of anilines is 1. The number of aryl methyl sites for hydroxylation is 2. The maximum Gasteiger partial charge on any atom is 0.127 e. The van der Waals surface area contributed by atoms with E-state index in [1.165, 1.54) is 44.3 Å². The molecule has 0 radical (unpaired) electrons. The SMILES string of the molecule is CCCCCCc1nc(CC)n(C2CC2)c1N. The van der Waals surface area contributed by atoms with Crippen LogP contribution in [-0.4, -0.2) is 9.55 Å². The fourth-order valence-electron chi connectivity index (χ4n) is 2.44. The molecular formula is C14H25N3. The van der Waals surface area contributed by atoms with Crippen LogP contribution in [0.3, 0.4) is 0 Å². The first-order chi connectivity index (χ1) is 8.27. The predicted molar refractivity (Wildman–Crippen MR) is 72.1 cm³/mol. The van der Waals surface area contributed by atoms with Crippen LogP contribution in [0.2, 0.25) is 0 Å². The fourth-order valence-corrected chi connectivity index (χ4v) is 2.44. The highest BCUT2D eigenvalue weighted by Crippen LogP contribution is 2.39. The molecule has 1 aliphatic carbocycles. The van der Waals surface area contributed by atoms with Crippen LogP contribution < -0.4 is 5.73 Å². The van der Waals surface area contributed by atoms with Crippen molar-refractivity contribution in [3.05, 3.63) is 11.5 Å². The monoisotopic (exact) mass is 235 g/mol. The van der Waals surface area contributed by atoms with Gasteiger partial charge in [-0.2, -0.15) is 0 Å². The maximum absolute atomic E-state index is 6.24. The van der Waals surface area contributed by atoms with Gasteiger partial charge in [0.05, 0.1) is 5.69 Å². The van der Waals surface area contributed by atoms with E-state index in [0.29, 0.717) is 6.04 Å². The van der Waals surface area contributed by atoms with Crippen LogP contribution in [0, 0.1) is 0 Å². The molecule has 2 rings (SSSR count). The quantitative estimate of drug-likeness (QED) is 0.735. The zero-order valence-electron chi connectivity index (χ0n) is 11.2. The van der Waals surface area contributed by atoms with Crippen LogP contribution in [0.5, 0.6) is 0 Å². The minimum absolute atomic E-state index is 0.654. The van der Waals surface area contributed by atoms with Crippen molar-refractivity contribution in [2.24, 2.45) is 0 Å². The Labute approximate surface area is 104 Å². The lowest BCUT2D eigenvalue weighted by Gasteiger charge is -2.06. The standard InChI is InChI=1S/C14H25N3/c1-3-5-6-7-8-12-14(15)17(11-9-10-11)13(4-2)16-12/h11H,3-10,15H2,1-2H3. The molecule has 3 heteroatoms. The number of aromatic nitrogens is 2. The summed E-state index contributed by atoms with van der Waals surface area (Å²) in [5.41, 5.74) is 7.38. The van der Waals surface area contributed by atoms with Gasteiger partial charge in [0.15, 0.2) is 0 Å². The summed E-state index contributed by atoms with van der Waals surface area (Å²) in [7, 11) is 0. The number of imidazole rings is 1. The number of nitrogens with zero attached hydrogens (tertiary/aromatic N) is 2. The summed E-state index contributed by atoms with van der Waals surface area (Å²) >= 11 is 0. The maximum atomic E-state index is 6.24. The Morgan fingerprint density at radius 1 is 1.24 bits per heavy atom. The van der Waals surface area contributed by atoms with Crippen molar-refractivity contribution in [1.29, 1.82) is 0 Å². The molecule has 1 saturated carbocycles. The van der Waals surface area contributed by atoms with Crippen molar-refractivity contribution in [2.45, 2.75) is 71.3 Å². The van der Waals surface area contributed by atoms with Gasteiger partial charge in [-0.3, -0.25) is 0 Å². The second-order valence-electron chi connectivity index (χ2n) is 5.13. The van der Waals surface area contributed by atoms with E-state index in [1.807, 2.05) is 0 Å². The van der Waals surface area contributed by atoms with Crippen molar-refractivity contribution >= 4 is 5.82 Å². The van der Waals surface area contributed by atoms with Gasteiger partial charge in [-0.05, 0) is 25.7 Å². The second-order valence-corrected chi connectivity index (χ2v) is 5.13. The molecule has 0 aromatic carbocycles. The normalized spacial score (nSPS) is 15.4. The third-order valence-electron chi connectivity index (χ3n) is 3.59. The molecule has 96 valence electrons. The Balaban J connectivity index is 2.01. The van der Waals surface area contributed by atoms with Crippen molar-refractivity contribution in [3.8, 4) is 0 Å². The first-order valence-electron chi connectivity index (χ1n) is 7.13. The number of unbranched alkanes of at least 4 members (excludes halogenated alkanes) is 3. The Kier molecular flexibility index (Phi) is 4.08. The van der Waals surface area contributed by atoms with Crippen molar-refractivity contribution in [1.82, 2.24) is 9.55 Å². The van der Waals surface area contributed by atoms with Crippen LogP contribution in [0.15, 0.2) is 0 Å². The average molecular weight is 235 g/mol. The third kappa shape index (κ3) is 2.82. The predicted octanol–water partition coefficient (Wildman–Crippen LogP) is 3.49. The number of nitrogens with two attached hydrogens (primary N) is 1. The summed E-state index contributed by atoms with van der Waals surface area (Å²) < 4.78 is 2.29. The van der Waals surface area contributed by atoms with E-state index in [1.54, 1.807) is 0 Å². The molecular weight excluding hydrogens is 210 g/mol. The first kappa shape index (κ1) is 12.5. The molecule has 0 spiro atoms. The second kappa shape index (κ2) is 5.56. The van der Waals surface area contributed by atoms with Gasteiger partial charge in [-0.1, -0.05) is 33.1 Å². The molecule has 1 aliphatic rings. The summed E-state index contributed by atoms with van der Waals surface area (Å²) in [6, 6.07) is 0.654. The van der Waals surface area contributed by atoms with Crippen LogP contribution >= 0.6 is 0 Å². The minimum Gasteiger partial charge on any atom is -0.384 e. The number of hydrogen-bond donors (Lipinski definition) is 1. The topological polar surface area (TPSA) is 43.8 Å². The zero-order valence-corrected chi connectivity index (χ0v) is 11.2.